The predicted molar refractivity (Wildman–Crippen MR) is 98.6 cm³/mol. The topological polar surface area (TPSA) is 127 Å². The van der Waals surface area contributed by atoms with Crippen LogP contribution in [0.1, 0.15) is 56.7 Å². The van der Waals surface area contributed by atoms with E-state index in [1.807, 2.05) is 6.07 Å². The Hall–Kier alpha value is -3.41. The van der Waals surface area contributed by atoms with Crippen molar-refractivity contribution in [2.45, 2.75) is 46.7 Å². The molecular formula is C19H20N4O5. The molecule has 1 aliphatic heterocycles. The fraction of sp³-hybridized carbons (Fsp3) is 0.421. The molecule has 146 valence electrons. The Balaban J connectivity index is 2.03. The summed E-state index contributed by atoms with van der Waals surface area (Å²) in [4.78, 5) is 53.0. The number of ketones is 1. The highest BCUT2D eigenvalue weighted by Crippen LogP contribution is 2.20. The van der Waals surface area contributed by atoms with Crippen molar-refractivity contribution in [2.24, 2.45) is 0 Å². The van der Waals surface area contributed by atoms with Gasteiger partial charge in [0.25, 0.3) is 5.56 Å². The molecule has 9 nitrogen and oxygen atoms in total. The van der Waals surface area contributed by atoms with Crippen LogP contribution in [0.25, 0.3) is 0 Å². The normalized spacial score (nSPS) is 12.5. The number of aromatic nitrogens is 3. The average Bonchev–Trinajstić information content (AvgIpc) is 3.24. The zero-order valence-corrected chi connectivity index (χ0v) is 15.9. The summed E-state index contributed by atoms with van der Waals surface area (Å²) in [6.07, 6.45) is 1.15. The van der Waals surface area contributed by atoms with Crippen LogP contribution >= 0.6 is 0 Å². The summed E-state index contributed by atoms with van der Waals surface area (Å²) < 4.78 is 7.17. The Kier molecular flexibility index (Phi) is 5.05. The zero-order valence-electron chi connectivity index (χ0n) is 15.9. The minimum absolute atomic E-state index is 0.100. The van der Waals surface area contributed by atoms with E-state index in [4.69, 9.17) is 4.74 Å². The van der Waals surface area contributed by atoms with E-state index in [1.54, 1.807) is 20.8 Å². The van der Waals surface area contributed by atoms with Crippen LogP contribution in [-0.2, 0) is 24.2 Å². The highest BCUT2D eigenvalue weighted by Gasteiger charge is 2.26. The number of aryl methyl sites for hydroxylation is 1. The van der Waals surface area contributed by atoms with Crippen molar-refractivity contribution in [1.82, 2.24) is 14.1 Å². The molecule has 0 bridgehead atoms. The fourth-order valence-corrected chi connectivity index (χ4v) is 3.65. The predicted octanol–water partition coefficient (Wildman–Crippen LogP) is 0.832. The van der Waals surface area contributed by atoms with E-state index in [0.29, 0.717) is 36.3 Å². The third kappa shape index (κ3) is 2.97. The number of rotatable bonds is 5. The van der Waals surface area contributed by atoms with Gasteiger partial charge in [0.2, 0.25) is 0 Å². The molecule has 0 unspecified atom stereocenters. The first-order valence-electron chi connectivity index (χ1n) is 8.97. The van der Waals surface area contributed by atoms with Gasteiger partial charge in [0.15, 0.2) is 5.78 Å². The lowest BCUT2D eigenvalue weighted by Crippen LogP contribution is -2.43. The largest absolute Gasteiger partial charge is 0.462 e. The van der Waals surface area contributed by atoms with Crippen molar-refractivity contribution in [2.75, 3.05) is 6.61 Å². The fourth-order valence-electron chi connectivity index (χ4n) is 3.65. The van der Waals surface area contributed by atoms with Gasteiger partial charge >= 0.3 is 11.7 Å². The number of aromatic amines is 1. The monoisotopic (exact) mass is 384 g/mol. The number of Topliss-reactive ketones (excluding diaryl/α,β-unsaturated/α-hetero) is 1. The van der Waals surface area contributed by atoms with E-state index in [-0.39, 0.29) is 23.4 Å². The van der Waals surface area contributed by atoms with Crippen LogP contribution in [-0.4, -0.2) is 32.5 Å². The van der Waals surface area contributed by atoms with Gasteiger partial charge in [-0.05, 0) is 39.2 Å². The summed E-state index contributed by atoms with van der Waals surface area (Å²) in [5.41, 5.74) is 0.230. The number of nitriles is 1. The first kappa shape index (κ1) is 19.4. The molecular weight excluding hydrogens is 364 g/mol. The molecule has 0 saturated carbocycles. The van der Waals surface area contributed by atoms with Gasteiger partial charge in [-0.15, -0.1) is 0 Å². The first-order chi connectivity index (χ1) is 13.3. The maximum absolute atomic E-state index is 12.8. The molecule has 3 heterocycles. The number of nitrogens with one attached hydrogen (secondary N) is 1. The maximum Gasteiger partial charge on any atom is 0.340 e. The molecule has 0 fully saturated rings. The molecule has 0 atom stereocenters. The molecule has 28 heavy (non-hydrogen) atoms. The number of hydrogen-bond acceptors (Lipinski definition) is 6. The van der Waals surface area contributed by atoms with Crippen LogP contribution in [0, 0.1) is 25.2 Å². The molecule has 0 saturated heterocycles. The maximum atomic E-state index is 12.8. The van der Waals surface area contributed by atoms with Gasteiger partial charge in [-0.3, -0.25) is 18.7 Å². The Labute approximate surface area is 160 Å². The lowest BCUT2D eigenvalue weighted by atomic mass is 10.1. The SMILES string of the molecule is CCOC(=O)c1c(C)[nH]c(C(=O)Cn2c(=O)c(C#N)c3n(c2=O)CCC3)c1C. The van der Waals surface area contributed by atoms with Crippen LogP contribution in [0.15, 0.2) is 9.59 Å². The van der Waals surface area contributed by atoms with Gasteiger partial charge in [0.1, 0.15) is 11.6 Å². The van der Waals surface area contributed by atoms with Crippen LogP contribution in [0.5, 0.6) is 0 Å². The lowest BCUT2D eigenvalue weighted by Gasteiger charge is -2.10. The van der Waals surface area contributed by atoms with Gasteiger partial charge in [-0.2, -0.15) is 5.26 Å². The zero-order chi connectivity index (χ0) is 20.6. The lowest BCUT2D eigenvalue weighted by molar-refractivity contribution is 0.0525. The third-order valence-electron chi connectivity index (χ3n) is 4.94. The number of carbonyl (C=O) groups is 2. The number of H-pyrrole nitrogens is 1. The molecule has 2 aromatic heterocycles. The van der Waals surface area contributed by atoms with E-state index < -0.39 is 29.5 Å². The molecule has 0 aliphatic carbocycles. The van der Waals surface area contributed by atoms with Crippen LogP contribution in [0.3, 0.4) is 0 Å². The van der Waals surface area contributed by atoms with Crippen molar-refractivity contribution in [3.05, 3.63) is 54.6 Å². The van der Waals surface area contributed by atoms with E-state index in [1.165, 1.54) is 4.57 Å². The van der Waals surface area contributed by atoms with E-state index in [2.05, 4.69) is 4.98 Å². The molecule has 0 amide bonds. The Morgan fingerprint density at radius 2 is 2.00 bits per heavy atom. The van der Waals surface area contributed by atoms with Crippen LogP contribution in [0.2, 0.25) is 0 Å². The van der Waals surface area contributed by atoms with Crippen LogP contribution < -0.4 is 11.2 Å². The standard InChI is InChI=1S/C19H20N4O5/c1-4-28-18(26)15-10(2)16(21-11(15)3)14(24)9-23-17(25)12(8-20)13-6-5-7-22(13)19(23)27/h21H,4-7,9H2,1-3H3. The molecule has 0 radical (unpaired) electrons. The summed E-state index contributed by atoms with van der Waals surface area (Å²) in [6.45, 7) is 5.01. The minimum atomic E-state index is -0.763. The molecule has 1 aliphatic rings. The second-order valence-corrected chi connectivity index (χ2v) is 6.63. The summed E-state index contributed by atoms with van der Waals surface area (Å²) in [7, 11) is 0. The van der Waals surface area contributed by atoms with Gasteiger partial charge in [-0.25, -0.2) is 9.59 Å². The number of fused-ring (bicyclic) bond motifs is 1. The van der Waals surface area contributed by atoms with E-state index in [9.17, 15) is 24.4 Å². The Bertz CT molecular complexity index is 1140. The van der Waals surface area contributed by atoms with Gasteiger partial charge in [0.05, 0.1) is 24.4 Å². The van der Waals surface area contributed by atoms with E-state index >= 15 is 0 Å². The molecule has 2 aromatic rings. The van der Waals surface area contributed by atoms with Crippen molar-refractivity contribution >= 4 is 11.8 Å². The molecule has 3 rings (SSSR count). The molecule has 0 aromatic carbocycles. The third-order valence-corrected chi connectivity index (χ3v) is 4.94. The van der Waals surface area contributed by atoms with Crippen molar-refractivity contribution in [3.63, 3.8) is 0 Å². The second-order valence-electron chi connectivity index (χ2n) is 6.63. The minimum Gasteiger partial charge on any atom is -0.462 e. The van der Waals surface area contributed by atoms with Gasteiger partial charge in [-0.1, -0.05) is 0 Å². The smallest absolute Gasteiger partial charge is 0.340 e. The van der Waals surface area contributed by atoms with E-state index in [0.717, 1.165) is 4.57 Å². The Morgan fingerprint density at radius 3 is 2.64 bits per heavy atom. The molecule has 9 heteroatoms. The highest BCUT2D eigenvalue weighted by atomic mass is 16.5. The average molecular weight is 384 g/mol. The summed E-state index contributed by atoms with van der Waals surface area (Å²) >= 11 is 0. The number of nitrogens with zero attached hydrogens (tertiary/aromatic N) is 3. The number of carbonyl (C=O) groups excluding carboxylic acids is 2. The first-order valence-corrected chi connectivity index (χ1v) is 8.97. The Morgan fingerprint density at radius 1 is 1.29 bits per heavy atom. The van der Waals surface area contributed by atoms with Crippen LogP contribution in [0.4, 0.5) is 0 Å². The quantitative estimate of drug-likeness (QED) is 0.601. The molecule has 0 spiro atoms. The van der Waals surface area contributed by atoms with Crippen molar-refractivity contribution < 1.29 is 14.3 Å². The highest BCUT2D eigenvalue weighted by molar-refractivity contribution is 6.01. The second kappa shape index (κ2) is 7.31. The number of hydrogen-bond donors (Lipinski definition) is 1. The number of ether oxygens (including phenoxy) is 1. The van der Waals surface area contributed by atoms with Crippen molar-refractivity contribution in [1.29, 1.82) is 5.26 Å². The summed E-state index contributed by atoms with van der Waals surface area (Å²) in [5.74, 6) is -1.08. The summed E-state index contributed by atoms with van der Waals surface area (Å²) in [5, 5.41) is 9.32. The molecule has 1 N–H and O–H groups in total. The summed E-state index contributed by atoms with van der Waals surface area (Å²) in [6, 6.07) is 1.86. The van der Waals surface area contributed by atoms with Gasteiger partial charge < -0.3 is 9.72 Å². The number of esters is 1. The van der Waals surface area contributed by atoms with Gasteiger partial charge in [0, 0.05) is 17.9 Å². The van der Waals surface area contributed by atoms with Crippen molar-refractivity contribution in [3.8, 4) is 6.07 Å².